The van der Waals surface area contributed by atoms with Gasteiger partial charge in [-0.1, -0.05) is 13.0 Å². The van der Waals surface area contributed by atoms with Gasteiger partial charge >= 0.3 is 12.1 Å². The number of ether oxygens (including phenoxy) is 2. The van der Waals surface area contributed by atoms with E-state index in [-0.39, 0.29) is 29.7 Å². The van der Waals surface area contributed by atoms with Crippen molar-refractivity contribution in [2.45, 2.75) is 51.5 Å². The number of nitrogens with one attached hydrogen (secondary N) is 1. The number of methoxy groups -OCH3 is 2. The van der Waals surface area contributed by atoms with Crippen LogP contribution in [0.1, 0.15) is 44.5 Å². The molecule has 0 amide bonds. The first kappa shape index (κ1) is 26.8. The Morgan fingerprint density at radius 2 is 1.79 bits per heavy atom. The maximum Gasteiger partial charge on any atom is 0.452 e. The molecule has 0 bridgehead atoms. The highest BCUT2D eigenvalue weighted by atomic mass is 32.1. The van der Waals surface area contributed by atoms with Crippen LogP contribution in [0, 0.1) is 0 Å². The number of rotatable bonds is 12. The number of anilines is 3. The van der Waals surface area contributed by atoms with Crippen molar-refractivity contribution in [2.24, 2.45) is 0 Å². The van der Waals surface area contributed by atoms with E-state index in [4.69, 9.17) is 14.6 Å². The van der Waals surface area contributed by atoms with Crippen molar-refractivity contribution < 1.29 is 32.5 Å². The molecular weight excluding hydrogens is 461 g/mol. The second-order valence-corrected chi connectivity index (χ2v) is 8.57. The summed E-state index contributed by atoms with van der Waals surface area (Å²) in [7, 11) is 3.19. The molecule has 0 spiro atoms. The van der Waals surface area contributed by atoms with Crippen molar-refractivity contribution in [1.29, 1.82) is 0 Å². The quantitative estimate of drug-likeness (QED) is 0.440. The van der Waals surface area contributed by atoms with Crippen LogP contribution in [0.5, 0.6) is 0 Å². The van der Waals surface area contributed by atoms with E-state index in [1.165, 1.54) is 0 Å². The van der Waals surface area contributed by atoms with Crippen LogP contribution in [0.2, 0.25) is 0 Å². The molecule has 0 aliphatic carbocycles. The van der Waals surface area contributed by atoms with Gasteiger partial charge in [-0.15, -0.1) is 0 Å². The lowest BCUT2D eigenvalue weighted by Crippen LogP contribution is -2.38. The van der Waals surface area contributed by atoms with Crippen LogP contribution in [-0.2, 0) is 20.4 Å². The number of carboxylic acid groups (broad SMARTS) is 1. The molecule has 0 aliphatic rings. The van der Waals surface area contributed by atoms with Crippen molar-refractivity contribution in [3.8, 4) is 0 Å². The third-order valence-electron chi connectivity index (χ3n) is 5.09. The SMILES string of the molecule is COC(C)CN(CC(C)OC)c1ccc(C(C)CC(=O)O)cc1Nc1nc(C(F)(F)F)ns1. The van der Waals surface area contributed by atoms with Crippen LogP contribution in [0.15, 0.2) is 18.2 Å². The van der Waals surface area contributed by atoms with Gasteiger partial charge in [-0.05, 0) is 37.5 Å². The molecule has 2 aromatic rings. The molecule has 184 valence electrons. The van der Waals surface area contributed by atoms with Crippen molar-refractivity contribution in [3.05, 3.63) is 29.6 Å². The van der Waals surface area contributed by atoms with Gasteiger partial charge in [0.05, 0.1) is 30.0 Å². The van der Waals surface area contributed by atoms with Crippen LogP contribution in [0.4, 0.5) is 29.7 Å². The van der Waals surface area contributed by atoms with E-state index < -0.39 is 18.0 Å². The lowest BCUT2D eigenvalue weighted by molar-refractivity contribution is -0.144. The highest BCUT2D eigenvalue weighted by Gasteiger charge is 2.36. The summed E-state index contributed by atoms with van der Waals surface area (Å²) >= 11 is 0.599. The molecule has 0 aliphatic heterocycles. The fourth-order valence-corrected chi connectivity index (χ4v) is 3.76. The molecule has 2 N–H and O–H groups in total. The maximum absolute atomic E-state index is 13.0. The van der Waals surface area contributed by atoms with Crippen LogP contribution in [0.3, 0.4) is 0 Å². The number of carboxylic acids is 1. The minimum absolute atomic E-state index is 0.0221. The summed E-state index contributed by atoms with van der Waals surface area (Å²) in [5, 5.41) is 12.1. The lowest BCUT2D eigenvalue weighted by atomic mass is 9.96. The minimum Gasteiger partial charge on any atom is -0.481 e. The second-order valence-electron chi connectivity index (χ2n) is 7.82. The molecule has 1 aromatic heterocycles. The number of aromatic nitrogens is 2. The molecule has 3 atom stereocenters. The number of nitrogens with zero attached hydrogens (tertiary/aromatic N) is 3. The zero-order chi connectivity index (χ0) is 24.8. The minimum atomic E-state index is -4.65. The van der Waals surface area contributed by atoms with Gasteiger partial charge in [0, 0.05) is 38.8 Å². The van der Waals surface area contributed by atoms with Crippen LogP contribution < -0.4 is 10.2 Å². The van der Waals surface area contributed by atoms with E-state index >= 15 is 0 Å². The summed E-state index contributed by atoms with van der Waals surface area (Å²) in [6, 6.07) is 5.36. The standard InChI is InChI=1S/C21H29F3N4O4S/c1-12(8-18(29)30)15-6-7-17(28(10-13(2)31-4)11-14(3)32-5)16(9-15)25-20-26-19(27-33-20)21(22,23)24/h6-7,9,12-14H,8,10-11H2,1-5H3,(H,29,30)(H,25,26,27). The van der Waals surface area contributed by atoms with Crippen molar-refractivity contribution in [2.75, 3.05) is 37.5 Å². The number of halogens is 3. The number of hydrogen-bond acceptors (Lipinski definition) is 8. The predicted octanol–water partition coefficient (Wildman–Crippen LogP) is 4.75. The van der Waals surface area contributed by atoms with E-state index in [0.29, 0.717) is 36.0 Å². The normalized spacial score (nSPS) is 14.5. The molecule has 0 radical (unpaired) electrons. The van der Waals surface area contributed by atoms with Crippen LogP contribution in [-0.4, -0.2) is 60.0 Å². The summed E-state index contributed by atoms with van der Waals surface area (Å²) in [6.07, 6.45) is -5.00. The molecule has 33 heavy (non-hydrogen) atoms. The highest BCUT2D eigenvalue weighted by Crippen LogP contribution is 2.35. The molecule has 1 heterocycles. The summed E-state index contributed by atoms with van der Waals surface area (Å²) in [5.74, 6) is -2.46. The van der Waals surface area contributed by atoms with E-state index in [1.807, 2.05) is 30.9 Å². The zero-order valence-corrected chi connectivity index (χ0v) is 20.0. The van der Waals surface area contributed by atoms with Crippen molar-refractivity contribution in [3.63, 3.8) is 0 Å². The first-order valence-corrected chi connectivity index (χ1v) is 11.1. The van der Waals surface area contributed by atoms with Crippen molar-refractivity contribution >= 4 is 34.0 Å². The molecule has 0 saturated heterocycles. The summed E-state index contributed by atoms with van der Waals surface area (Å²) in [4.78, 5) is 16.7. The summed E-state index contributed by atoms with van der Waals surface area (Å²) < 4.78 is 53.1. The molecular formula is C21H29F3N4O4S. The number of carbonyl (C=O) groups is 1. The monoisotopic (exact) mass is 490 g/mol. The molecule has 0 fully saturated rings. The van der Waals surface area contributed by atoms with E-state index in [1.54, 1.807) is 27.2 Å². The zero-order valence-electron chi connectivity index (χ0n) is 19.1. The van der Waals surface area contributed by atoms with E-state index in [9.17, 15) is 18.0 Å². The Labute approximate surface area is 194 Å². The van der Waals surface area contributed by atoms with Crippen molar-refractivity contribution in [1.82, 2.24) is 9.36 Å². The van der Waals surface area contributed by atoms with Gasteiger partial charge < -0.3 is 24.8 Å². The van der Waals surface area contributed by atoms with E-state index in [0.717, 1.165) is 5.56 Å². The average Bonchev–Trinajstić information content (AvgIpc) is 3.21. The van der Waals surface area contributed by atoms with Gasteiger partial charge in [0.15, 0.2) is 0 Å². The van der Waals surface area contributed by atoms with Crippen LogP contribution in [0.25, 0.3) is 0 Å². The lowest BCUT2D eigenvalue weighted by Gasteiger charge is -2.31. The Morgan fingerprint density at radius 1 is 1.18 bits per heavy atom. The predicted molar refractivity (Wildman–Crippen MR) is 120 cm³/mol. The van der Waals surface area contributed by atoms with E-state index in [2.05, 4.69) is 14.7 Å². The molecule has 1 aromatic carbocycles. The first-order valence-electron chi connectivity index (χ1n) is 10.3. The fraction of sp³-hybridized carbons (Fsp3) is 0.571. The summed E-state index contributed by atoms with van der Waals surface area (Å²) in [6.45, 7) is 6.57. The van der Waals surface area contributed by atoms with Gasteiger partial charge in [-0.25, -0.2) is 0 Å². The van der Waals surface area contributed by atoms with Gasteiger partial charge in [0.1, 0.15) is 0 Å². The third-order valence-corrected chi connectivity index (χ3v) is 5.72. The number of benzene rings is 1. The Hall–Kier alpha value is -2.44. The van der Waals surface area contributed by atoms with Gasteiger partial charge in [-0.2, -0.15) is 22.5 Å². The fourth-order valence-electron chi connectivity index (χ4n) is 3.16. The largest absolute Gasteiger partial charge is 0.481 e. The molecule has 8 nitrogen and oxygen atoms in total. The smallest absolute Gasteiger partial charge is 0.452 e. The van der Waals surface area contributed by atoms with Crippen LogP contribution >= 0.6 is 11.5 Å². The molecule has 12 heteroatoms. The summed E-state index contributed by atoms with van der Waals surface area (Å²) in [5.41, 5.74) is 1.91. The maximum atomic E-state index is 13.0. The number of alkyl halides is 3. The first-order chi connectivity index (χ1) is 15.4. The Balaban J connectivity index is 2.49. The van der Waals surface area contributed by atoms with Gasteiger partial charge in [-0.3, -0.25) is 4.79 Å². The average molecular weight is 491 g/mol. The Kier molecular flexibility index (Phi) is 9.44. The third kappa shape index (κ3) is 7.83. The molecule has 2 rings (SSSR count). The number of aliphatic carboxylic acids is 1. The molecule has 0 saturated carbocycles. The molecule has 3 unspecified atom stereocenters. The van der Waals surface area contributed by atoms with Gasteiger partial charge in [0.25, 0.3) is 0 Å². The number of hydrogen-bond donors (Lipinski definition) is 2. The Bertz CT molecular complexity index is 913. The topological polar surface area (TPSA) is 96.8 Å². The second kappa shape index (κ2) is 11.6. The van der Waals surface area contributed by atoms with Gasteiger partial charge in [0.2, 0.25) is 11.0 Å². The highest BCUT2D eigenvalue weighted by molar-refractivity contribution is 7.09. The Morgan fingerprint density at radius 3 is 2.27 bits per heavy atom.